The lowest BCUT2D eigenvalue weighted by molar-refractivity contribution is -0.274. The highest BCUT2D eigenvalue weighted by Crippen LogP contribution is 2.33. The van der Waals surface area contributed by atoms with Crippen molar-refractivity contribution in [1.82, 2.24) is 10.2 Å². The molecule has 4 rings (SSSR count). The van der Waals surface area contributed by atoms with Crippen molar-refractivity contribution in [1.29, 1.82) is 0 Å². The van der Waals surface area contributed by atoms with E-state index in [1.54, 1.807) is 0 Å². The maximum Gasteiger partial charge on any atom is 0.573 e. The van der Waals surface area contributed by atoms with Crippen LogP contribution in [0.25, 0.3) is 0 Å². The van der Waals surface area contributed by atoms with E-state index < -0.39 is 29.8 Å². The van der Waals surface area contributed by atoms with E-state index in [1.807, 2.05) is 0 Å². The van der Waals surface area contributed by atoms with E-state index in [4.69, 9.17) is 4.42 Å². The van der Waals surface area contributed by atoms with Gasteiger partial charge in [-0.15, -0.1) is 18.3 Å². The number of ether oxygens (including phenoxy) is 1. The molecule has 0 saturated carbocycles. The molecule has 0 radical (unpaired) electrons. The first-order chi connectivity index (χ1) is 15.7. The minimum absolute atomic E-state index is 0.0261. The van der Waals surface area contributed by atoms with Gasteiger partial charge < -0.3 is 14.1 Å². The number of carbonyl (C=O) groups excluding carboxylic acids is 2. The fourth-order valence-corrected chi connectivity index (χ4v) is 3.35. The summed E-state index contributed by atoms with van der Waals surface area (Å²) in [5, 5.41) is 10.1. The first-order valence-corrected chi connectivity index (χ1v) is 9.70. The molecule has 33 heavy (non-hydrogen) atoms. The molecule has 172 valence electrons. The van der Waals surface area contributed by atoms with Gasteiger partial charge in [0.05, 0.1) is 12.3 Å². The highest BCUT2D eigenvalue weighted by molar-refractivity contribution is 5.96. The molecule has 12 heteroatoms. The van der Waals surface area contributed by atoms with Crippen LogP contribution in [0.4, 0.5) is 29.3 Å². The third kappa shape index (κ3) is 5.64. The van der Waals surface area contributed by atoms with Crippen LogP contribution in [0.1, 0.15) is 23.8 Å². The number of nitrogens with zero attached hydrogens (tertiary/aromatic N) is 3. The Kier molecular flexibility index (Phi) is 5.99. The van der Waals surface area contributed by atoms with Crippen LogP contribution in [0.2, 0.25) is 0 Å². The van der Waals surface area contributed by atoms with Crippen molar-refractivity contribution in [3.8, 4) is 5.75 Å². The number of hydrogen-bond acceptors (Lipinski definition) is 6. The molecule has 1 aromatic heterocycles. The van der Waals surface area contributed by atoms with Gasteiger partial charge in [-0.2, -0.15) is 0 Å². The second-order valence-corrected chi connectivity index (χ2v) is 7.24. The predicted octanol–water partition coefficient (Wildman–Crippen LogP) is 3.81. The van der Waals surface area contributed by atoms with Gasteiger partial charge in [0, 0.05) is 18.7 Å². The van der Waals surface area contributed by atoms with Crippen molar-refractivity contribution in [2.75, 3.05) is 16.8 Å². The molecular weight excluding hydrogens is 448 g/mol. The number of anilines is 2. The highest BCUT2D eigenvalue weighted by Gasteiger charge is 2.35. The van der Waals surface area contributed by atoms with E-state index in [2.05, 4.69) is 20.3 Å². The summed E-state index contributed by atoms with van der Waals surface area (Å²) in [7, 11) is 0. The predicted molar refractivity (Wildman–Crippen MR) is 106 cm³/mol. The second kappa shape index (κ2) is 8.88. The van der Waals surface area contributed by atoms with Gasteiger partial charge in [-0.3, -0.25) is 14.9 Å². The van der Waals surface area contributed by atoms with Crippen LogP contribution in [0.3, 0.4) is 0 Å². The molecular formula is C21H16F4N4O4. The van der Waals surface area contributed by atoms with Crippen molar-refractivity contribution >= 4 is 23.5 Å². The quantitative estimate of drug-likeness (QED) is 0.558. The van der Waals surface area contributed by atoms with Crippen LogP contribution in [-0.4, -0.2) is 34.9 Å². The molecule has 0 spiro atoms. The summed E-state index contributed by atoms with van der Waals surface area (Å²) >= 11 is 0. The van der Waals surface area contributed by atoms with Crippen LogP contribution < -0.4 is 15.0 Å². The zero-order valence-electron chi connectivity index (χ0n) is 16.8. The number of benzene rings is 2. The zero-order chi connectivity index (χ0) is 23.6. The summed E-state index contributed by atoms with van der Waals surface area (Å²) in [6, 6.07) is 10.2. The molecule has 0 bridgehead atoms. The maximum absolute atomic E-state index is 13.0. The van der Waals surface area contributed by atoms with Crippen molar-refractivity contribution in [3.63, 3.8) is 0 Å². The highest BCUT2D eigenvalue weighted by atomic mass is 19.4. The summed E-state index contributed by atoms with van der Waals surface area (Å²) in [5.74, 6) is -1.84. The zero-order valence-corrected chi connectivity index (χ0v) is 16.8. The number of rotatable bonds is 6. The number of nitrogens with one attached hydrogen (secondary N) is 1. The van der Waals surface area contributed by atoms with Crippen molar-refractivity contribution in [2.24, 2.45) is 0 Å². The van der Waals surface area contributed by atoms with Crippen LogP contribution >= 0.6 is 0 Å². The topological polar surface area (TPSA) is 97.6 Å². The summed E-state index contributed by atoms with van der Waals surface area (Å²) in [6.07, 6.45) is -4.78. The van der Waals surface area contributed by atoms with Crippen LogP contribution in [0, 0.1) is 5.82 Å². The Balaban J connectivity index is 1.36. The number of hydrogen-bond donors (Lipinski definition) is 1. The van der Waals surface area contributed by atoms with Crippen molar-refractivity contribution < 1.29 is 36.3 Å². The minimum Gasteiger partial charge on any atom is -0.407 e. The summed E-state index contributed by atoms with van der Waals surface area (Å²) in [5.41, 5.74) is 0.988. The van der Waals surface area contributed by atoms with E-state index in [-0.39, 0.29) is 37.2 Å². The lowest BCUT2D eigenvalue weighted by Crippen LogP contribution is -2.24. The average molecular weight is 464 g/mol. The van der Waals surface area contributed by atoms with Gasteiger partial charge in [-0.1, -0.05) is 17.2 Å². The lowest BCUT2D eigenvalue weighted by atomic mass is 10.1. The van der Waals surface area contributed by atoms with E-state index >= 15 is 0 Å². The number of carbonyl (C=O) groups is 2. The fraction of sp³-hybridized carbons (Fsp3) is 0.238. The lowest BCUT2D eigenvalue weighted by Gasteiger charge is -2.17. The van der Waals surface area contributed by atoms with Gasteiger partial charge in [0.1, 0.15) is 11.6 Å². The summed E-state index contributed by atoms with van der Waals surface area (Å²) in [6.45, 7) is 0.170. The van der Waals surface area contributed by atoms with Gasteiger partial charge in [-0.05, 0) is 42.0 Å². The monoisotopic (exact) mass is 464 g/mol. The largest absolute Gasteiger partial charge is 0.573 e. The van der Waals surface area contributed by atoms with Gasteiger partial charge in [0.2, 0.25) is 17.7 Å². The fourth-order valence-electron chi connectivity index (χ4n) is 3.35. The Morgan fingerprint density at radius 3 is 2.48 bits per heavy atom. The van der Waals surface area contributed by atoms with Crippen molar-refractivity contribution in [2.45, 2.75) is 25.1 Å². The van der Waals surface area contributed by atoms with Gasteiger partial charge in [0.15, 0.2) is 0 Å². The third-order valence-corrected chi connectivity index (χ3v) is 4.82. The molecule has 0 aliphatic carbocycles. The Bertz CT molecular complexity index is 1150. The summed E-state index contributed by atoms with van der Waals surface area (Å²) in [4.78, 5) is 25.9. The van der Waals surface area contributed by atoms with Crippen LogP contribution in [0.5, 0.6) is 5.75 Å². The molecule has 8 nitrogen and oxygen atoms in total. The number of halogens is 4. The first-order valence-electron chi connectivity index (χ1n) is 9.70. The van der Waals surface area contributed by atoms with Gasteiger partial charge >= 0.3 is 12.4 Å². The molecule has 2 heterocycles. The number of aromatic nitrogens is 2. The molecule has 1 fully saturated rings. The SMILES string of the molecule is O=C(Cc1ccc(F)cc1)Nc1nnc([C@H]2CC(=O)N(c3ccc(OC(F)(F)F)cc3)C2)o1. The third-order valence-electron chi connectivity index (χ3n) is 4.82. The van der Waals surface area contributed by atoms with Gasteiger partial charge in [-0.25, -0.2) is 4.39 Å². The Morgan fingerprint density at radius 1 is 1.12 bits per heavy atom. The Labute approximate surface area is 184 Å². The molecule has 2 amide bonds. The Hall–Kier alpha value is -3.96. The Morgan fingerprint density at radius 2 is 1.82 bits per heavy atom. The average Bonchev–Trinajstić information content (AvgIpc) is 3.36. The maximum atomic E-state index is 13.0. The number of alkyl halides is 3. The van der Waals surface area contributed by atoms with E-state index in [0.717, 1.165) is 12.1 Å². The van der Waals surface area contributed by atoms with Crippen molar-refractivity contribution in [3.05, 3.63) is 65.8 Å². The normalized spacial score (nSPS) is 16.2. The molecule has 1 N–H and O–H groups in total. The summed E-state index contributed by atoms with van der Waals surface area (Å²) < 4.78 is 59.1. The molecule has 1 atom stereocenters. The molecule has 3 aromatic rings. The first kappa shape index (κ1) is 22.2. The smallest absolute Gasteiger partial charge is 0.407 e. The molecule has 1 aliphatic rings. The molecule has 1 aliphatic heterocycles. The van der Waals surface area contributed by atoms with Gasteiger partial charge in [0.25, 0.3) is 0 Å². The van der Waals surface area contributed by atoms with Crippen LogP contribution in [-0.2, 0) is 16.0 Å². The second-order valence-electron chi connectivity index (χ2n) is 7.24. The minimum atomic E-state index is -4.81. The van der Waals surface area contributed by atoms with Crippen LogP contribution in [0.15, 0.2) is 52.9 Å². The van der Waals surface area contributed by atoms with E-state index in [9.17, 15) is 27.2 Å². The van der Waals surface area contributed by atoms with E-state index in [1.165, 1.54) is 41.3 Å². The molecule has 1 saturated heterocycles. The van der Waals surface area contributed by atoms with E-state index in [0.29, 0.717) is 11.3 Å². The molecule has 2 aromatic carbocycles. The standard InChI is InChI=1S/C21H16F4N4O4/c22-14-3-1-12(2-4-14)9-17(30)26-20-28-27-19(32-20)13-10-18(31)29(11-13)15-5-7-16(8-6-15)33-21(23,24)25/h1-8,13H,9-11H2,(H,26,28,30)/t13-/m0/s1. The number of amides is 2. The molecule has 0 unspecified atom stereocenters.